The van der Waals surface area contributed by atoms with Crippen molar-refractivity contribution in [3.63, 3.8) is 0 Å². The van der Waals surface area contributed by atoms with Crippen molar-refractivity contribution in [3.8, 4) is 0 Å². The van der Waals surface area contributed by atoms with E-state index in [2.05, 4.69) is 9.40 Å². The third-order valence-electron chi connectivity index (χ3n) is 3.94. The zero-order valence-electron chi connectivity index (χ0n) is 22.5. The molecule has 15 nitrogen and oxygen atoms in total. The Morgan fingerprint density at radius 3 is 1.77 bits per heavy atom. The van der Waals surface area contributed by atoms with E-state index in [4.69, 9.17) is 30.3 Å². The second-order valence-electron chi connectivity index (χ2n) is 9.22. The molecule has 222 valence electrons. The van der Waals surface area contributed by atoms with Crippen molar-refractivity contribution >= 4 is 35.7 Å². The average molecular weight is 571 g/mol. The number of aliphatic carboxylic acids is 4. The Bertz CT molecular complexity index is 1070. The fraction of sp³-hybridized carbons (Fsp3) is 0.440. The smallest absolute Gasteiger partial charge is 0.433 e. The minimum absolute atomic E-state index is 0.0185. The molecule has 0 amide bonds. The molecule has 5 N–H and O–H groups in total. The SMILES string of the molecule is CC(=O)O.CC(C)(C)CC(=O)O.O=C(O)C1CC1.O=C(O)CCc1cccnc1.O=C(O)c1ccc([N+](=O)[O-])o1. The first-order valence-corrected chi connectivity index (χ1v) is 11.6. The Hall–Kier alpha value is -4.82. The molecule has 0 spiro atoms. The van der Waals surface area contributed by atoms with E-state index in [1.807, 2.05) is 26.8 Å². The van der Waals surface area contributed by atoms with E-state index in [0.29, 0.717) is 6.42 Å². The van der Waals surface area contributed by atoms with Crippen molar-refractivity contribution in [2.24, 2.45) is 11.3 Å². The summed E-state index contributed by atoms with van der Waals surface area (Å²) in [5, 5.41) is 50.3. The maximum Gasteiger partial charge on any atom is 0.433 e. The first kappa shape index (κ1) is 37.3. The van der Waals surface area contributed by atoms with Gasteiger partial charge in [-0.2, -0.15) is 0 Å². The number of nitro groups is 1. The molecule has 2 aromatic rings. The summed E-state index contributed by atoms with van der Waals surface area (Å²) in [6.07, 6.45) is 6.12. The quantitative estimate of drug-likeness (QED) is 0.232. The predicted octanol–water partition coefficient (Wildman–Crippen LogP) is 4.06. The molecular weight excluding hydrogens is 536 g/mol. The number of hydrogen-bond acceptors (Lipinski definition) is 9. The first-order valence-electron chi connectivity index (χ1n) is 11.6. The molecule has 40 heavy (non-hydrogen) atoms. The van der Waals surface area contributed by atoms with Crippen LogP contribution in [-0.4, -0.2) is 65.3 Å². The summed E-state index contributed by atoms with van der Waals surface area (Å²) in [6.45, 7) is 6.80. The van der Waals surface area contributed by atoms with Crippen LogP contribution in [0.25, 0.3) is 0 Å². The van der Waals surface area contributed by atoms with E-state index >= 15 is 0 Å². The normalized spacial score (nSPS) is 11.2. The minimum atomic E-state index is -1.32. The minimum Gasteiger partial charge on any atom is -0.481 e. The van der Waals surface area contributed by atoms with Crippen molar-refractivity contribution < 1.29 is 58.8 Å². The third kappa shape index (κ3) is 24.9. The lowest BCUT2D eigenvalue weighted by Crippen LogP contribution is -2.11. The molecule has 1 aliphatic rings. The fourth-order valence-electron chi connectivity index (χ4n) is 2.12. The van der Waals surface area contributed by atoms with E-state index in [0.717, 1.165) is 37.5 Å². The first-order chi connectivity index (χ1) is 18.3. The fourth-order valence-corrected chi connectivity index (χ4v) is 2.12. The highest BCUT2D eigenvalue weighted by molar-refractivity contribution is 5.84. The molecule has 1 saturated carbocycles. The monoisotopic (exact) mass is 570 g/mol. The number of aromatic carboxylic acids is 1. The van der Waals surface area contributed by atoms with Crippen LogP contribution in [-0.2, 0) is 25.6 Å². The van der Waals surface area contributed by atoms with E-state index in [1.54, 1.807) is 18.5 Å². The summed E-state index contributed by atoms with van der Waals surface area (Å²) in [6, 6.07) is 5.69. The molecule has 0 aromatic carbocycles. The van der Waals surface area contributed by atoms with Gasteiger partial charge in [-0.15, -0.1) is 0 Å². The summed E-state index contributed by atoms with van der Waals surface area (Å²) in [5.41, 5.74) is 0.890. The Labute approximate surface area is 229 Å². The van der Waals surface area contributed by atoms with Crippen LogP contribution in [0.1, 0.15) is 69.5 Å². The summed E-state index contributed by atoms with van der Waals surface area (Å²) < 4.78 is 4.31. The molecule has 3 rings (SSSR count). The van der Waals surface area contributed by atoms with Crippen LogP contribution in [0, 0.1) is 21.4 Å². The van der Waals surface area contributed by atoms with Crippen molar-refractivity contribution in [1.82, 2.24) is 4.98 Å². The van der Waals surface area contributed by atoms with Crippen molar-refractivity contribution in [1.29, 1.82) is 0 Å². The summed E-state index contributed by atoms with van der Waals surface area (Å²) in [5.74, 6) is -5.26. The van der Waals surface area contributed by atoms with E-state index < -0.39 is 46.4 Å². The number of pyridine rings is 1. The van der Waals surface area contributed by atoms with Crippen LogP contribution in [0.5, 0.6) is 0 Å². The van der Waals surface area contributed by atoms with Crippen LogP contribution in [0.3, 0.4) is 0 Å². The van der Waals surface area contributed by atoms with Crippen molar-refractivity contribution in [2.75, 3.05) is 0 Å². The summed E-state index contributed by atoms with van der Waals surface area (Å²) >= 11 is 0. The molecule has 0 unspecified atom stereocenters. The molecule has 0 saturated heterocycles. The van der Waals surface area contributed by atoms with Gasteiger partial charge in [0, 0.05) is 25.7 Å². The average Bonchev–Trinajstić information content (AvgIpc) is 3.54. The van der Waals surface area contributed by atoms with Gasteiger partial charge in [0.15, 0.2) is 0 Å². The number of carboxylic acids is 5. The number of furan rings is 1. The zero-order chi connectivity index (χ0) is 31.5. The molecule has 2 heterocycles. The molecular formula is C25H34N2O13. The number of aromatic nitrogens is 1. The molecule has 2 aromatic heterocycles. The standard InChI is InChI=1S/C8H9NO2.C6H12O2.C5H3NO5.C4H6O2.C2H4O2/c10-8(11)4-3-7-2-1-5-9-6-7;1-6(2,3)4-5(7)8;7-5(8)3-1-2-4(11-3)6(9)10;5-4(6)3-1-2-3;1-2(3)4/h1-2,5-6H,3-4H2,(H,10,11);4H2,1-3H3,(H,7,8);1-2H,(H,7,8);3H,1-2H2,(H,5,6);1H3,(H,3,4). The molecule has 0 atom stereocenters. The van der Waals surface area contributed by atoms with Crippen LogP contribution in [0.15, 0.2) is 41.1 Å². The molecule has 0 radical (unpaired) electrons. The van der Waals surface area contributed by atoms with Gasteiger partial charge < -0.3 is 29.9 Å². The Balaban J connectivity index is 0. The summed E-state index contributed by atoms with van der Waals surface area (Å²) in [4.78, 5) is 62.1. The molecule has 0 bridgehead atoms. The van der Waals surface area contributed by atoms with Crippen LogP contribution in [0.4, 0.5) is 5.88 Å². The summed E-state index contributed by atoms with van der Waals surface area (Å²) in [7, 11) is 0. The van der Waals surface area contributed by atoms with Gasteiger partial charge in [-0.25, -0.2) is 4.79 Å². The number of carboxylic acid groups (broad SMARTS) is 5. The van der Waals surface area contributed by atoms with E-state index in [9.17, 15) is 29.3 Å². The molecule has 15 heteroatoms. The second kappa shape index (κ2) is 19.3. The van der Waals surface area contributed by atoms with Gasteiger partial charge in [0.05, 0.1) is 18.4 Å². The second-order valence-corrected chi connectivity index (χ2v) is 9.22. The van der Waals surface area contributed by atoms with Gasteiger partial charge in [0.2, 0.25) is 5.76 Å². The topological polar surface area (TPSA) is 256 Å². The molecule has 0 aliphatic heterocycles. The highest BCUT2D eigenvalue weighted by atomic mass is 16.6. The lowest BCUT2D eigenvalue weighted by molar-refractivity contribution is -0.402. The van der Waals surface area contributed by atoms with Gasteiger partial charge in [-0.3, -0.25) is 34.3 Å². The highest BCUT2D eigenvalue weighted by Gasteiger charge is 2.28. The Morgan fingerprint density at radius 2 is 1.55 bits per heavy atom. The van der Waals surface area contributed by atoms with Crippen LogP contribution in [0.2, 0.25) is 0 Å². The highest BCUT2D eigenvalue weighted by Crippen LogP contribution is 2.28. The van der Waals surface area contributed by atoms with Crippen LogP contribution < -0.4 is 0 Å². The van der Waals surface area contributed by atoms with Crippen LogP contribution >= 0.6 is 0 Å². The number of carbonyl (C=O) groups is 5. The maximum absolute atomic E-state index is 10.2. The number of hydrogen-bond donors (Lipinski definition) is 5. The number of aryl methyl sites for hydroxylation is 1. The zero-order valence-corrected chi connectivity index (χ0v) is 22.5. The van der Waals surface area contributed by atoms with Gasteiger partial charge in [-0.05, 0) is 42.4 Å². The van der Waals surface area contributed by atoms with Gasteiger partial charge in [-0.1, -0.05) is 26.8 Å². The van der Waals surface area contributed by atoms with Crippen molar-refractivity contribution in [3.05, 3.63) is 58.1 Å². The lowest BCUT2D eigenvalue weighted by atomic mass is 9.93. The van der Waals surface area contributed by atoms with Gasteiger partial charge in [0.25, 0.3) is 5.97 Å². The number of nitrogens with zero attached hydrogens (tertiary/aromatic N) is 2. The van der Waals surface area contributed by atoms with E-state index in [-0.39, 0.29) is 24.2 Å². The molecule has 1 aliphatic carbocycles. The van der Waals surface area contributed by atoms with Gasteiger partial charge >= 0.3 is 29.8 Å². The Kier molecular flexibility index (Phi) is 18.0. The maximum atomic E-state index is 10.2. The predicted molar refractivity (Wildman–Crippen MR) is 138 cm³/mol. The van der Waals surface area contributed by atoms with E-state index in [1.165, 1.54) is 0 Å². The van der Waals surface area contributed by atoms with Crippen molar-refractivity contribution in [2.45, 2.75) is 59.8 Å². The Morgan fingerprint density at radius 1 is 1.00 bits per heavy atom. The largest absolute Gasteiger partial charge is 0.481 e. The molecule has 1 fully saturated rings. The number of rotatable bonds is 7. The lowest BCUT2D eigenvalue weighted by Gasteiger charge is -2.13. The third-order valence-corrected chi connectivity index (χ3v) is 3.94. The van der Waals surface area contributed by atoms with Gasteiger partial charge in [0.1, 0.15) is 4.92 Å².